The largest absolute Gasteiger partial charge is 0.401 e. The van der Waals surface area contributed by atoms with E-state index in [4.69, 9.17) is 11.6 Å². The number of hydrogen-bond donors (Lipinski definition) is 0. The number of fused-ring (bicyclic) bond motifs is 1. The normalized spacial score (nSPS) is 23.7. The Labute approximate surface area is 214 Å². The third kappa shape index (κ3) is 5.18. The molecule has 0 unspecified atom stereocenters. The fraction of sp³-hybridized carbons (Fsp3) is 0.577. The number of piperazine rings is 1. The van der Waals surface area contributed by atoms with Gasteiger partial charge in [0, 0.05) is 48.5 Å². The Bertz CT molecular complexity index is 1090. The topological polar surface area (TPSA) is 52.6 Å². The number of aromatic nitrogens is 2. The lowest BCUT2D eigenvalue weighted by atomic mass is 9.88. The van der Waals surface area contributed by atoms with Gasteiger partial charge in [-0.05, 0) is 55.8 Å². The monoisotopic (exact) mass is 521 g/mol. The summed E-state index contributed by atoms with van der Waals surface area (Å²) in [6, 6.07) is 6.46. The predicted molar refractivity (Wildman–Crippen MR) is 132 cm³/mol. The van der Waals surface area contributed by atoms with Crippen molar-refractivity contribution in [3.63, 3.8) is 0 Å². The Kier molecular flexibility index (Phi) is 7.14. The number of amides is 1. The van der Waals surface area contributed by atoms with E-state index in [2.05, 4.69) is 21.8 Å². The molecule has 194 valence electrons. The van der Waals surface area contributed by atoms with Crippen LogP contribution in [0.1, 0.15) is 54.8 Å². The van der Waals surface area contributed by atoms with Crippen molar-refractivity contribution < 1.29 is 18.0 Å². The third-order valence-corrected chi connectivity index (χ3v) is 8.07. The van der Waals surface area contributed by atoms with Gasteiger partial charge in [0.1, 0.15) is 12.1 Å². The van der Waals surface area contributed by atoms with Crippen molar-refractivity contribution in [3.05, 3.63) is 52.4 Å². The summed E-state index contributed by atoms with van der Waals surface area (Å²) >= 11 is 6.07. The second kappa shape index (κ2) is 10.2. The lowest BCUT2D eigenvalue weighted by Crippen LogP contribution is -2.53. The van der Waals surface area contributed by atoms with Gasteiger partial charge in [-0.25, -0.2) is 9.97 Å². The SMILES string of the molecule is C[C@@H]1CCc2ncnc(N3CCN(C(=O)[C@@H](c4ccc(Cl)cc4)[C@@H]4CCCN4CC(F)(F)F)CC3)c21. The van der Waals surface area contributed by atoms with E-state index in [-0.39, 0.29) is 5.91 Å². The summed E-state index contributed by atoms with van der Waals surface area (Å²) in [4.78, 5) is 28.4. The number of nitrogens with zero attached hydrogens (tertiary/aromatic N) is 5. The summed E-state index contributed by atoms with van der Waals surface area (Å²) in [5.74, 6) is 0.588. The Balaban J connectivity index is 1.35. The van der Waals surface area contributed by atoms with E-state index in [1.54, 1.807) is 30.6 Å². The van der Waals surface area contributed by atoms with Crippen molar-refractivity contribution in [2.75, 3.05) is 44.2 Å². The molecule has 0 bridgehead atoms. The van der Waals surface area contributed by atoms with Crippen LogP contribution in [-0.2, 0) is 11.2 Å². The first kappa shape index (κ1) is 25.3. The van der Waals surface area contributed by atoms with Gasteiger partial charge in [0.05, 0.1) is 12.5 Å². The summed E-state index contributed by atoms with van der Waals surface area (Å²) in [7, 11) is 0. The van der Waals surface area contributed by atoms with Crippen molar-refractivity contribution in [3.8, 4) is 0 Å². The highest BCUT2D eigenvalue weighted by Crippen LogP contribution is 2.38. The predicted octanol–water partition coefficient (Wildman–Crippen LogP) is 4.64. The molecule has 5 rings (SSSR count). The fourth-order valence-electron chi connectivity index (χ4n) is 6.07. The number of halogens is 4. The zero-order chi connectivity index (χ0) is 25.4. The van der Waals surface area contributed by atoms with E-state index < -0.39 is 24.7 Å². The van der Waals surface area contributed by atoms with Crippen molar-refractivity contribution in [2.45, 2.75) is 56.7 Å². The lowest BCUT2D eigenvalue weighted by molar-refractivity contribution is -0.152. The van der Waals surface area contributed by atoms with Gasteiger partial charge in [0.2, 0.25) is 5.91 Å². The van der Waals surface area contributed by atoms with Crippen LogP contribution in [0.5, 0.6) is 0 Å². The molecule has 10 heteroatoms. The molecule has 1 aromatic heterocycles. The molecule has 2 fully saturated rings. The van der Waals surface area contributed by atoms with Crippen molar-refractivity contribution >= 4 is 23.3 Å². The first-order valence-corrected chi connectivity index (χ1v) is 13.0. The molecule has 1 aliphatic carbocycles. The number of alkyl halides is 3. The second-order valence-corrected chi connectivity index (χ2v) is 10.6. The molecule has 0 radical (unpaired) electrons. The summed E-state index contributed by atoms with van der Waals surface area (Å²) in [5, 5.41) is 0.531. The molecule has 2 aliphatic heterocycles. The van der Waals surface area contributed by atoms with E-state index in [1.807, 2.05) is 4.90 Å². The number of anilines is 1. The highest BCUT2D eigenvalue weighted by molar-refractivity contribution is 6.30. The highest BCUT2D eigenvalue weighted by atomic mass is 35.5. The molecule has 3 aliphatic rings. The number of likely N-dealkylation sites (tertiary alicyclic amines) is 1. The number of hydrogen-bond acceptors (Lipinski definition) is 5. The molecule has 0 saturated carbocycles. The van der Waals surface area contributed by atoms with Gasteiger partial charge in [-0.3, -0.25) is 9.69 Å². The molecular formula is C26H31ClF3N5O. The zero-order valence-electron chi connectivity index (χ0n) is 20.3. The maximum absolute atomic E-state index is 13.9. The molecule has 0 N–H and O–H groups in total. The van der Waals surface area contributed by atoms with Gasteiger partial charge >= 0.3 is 6.18 Å². The first-order valence-electron chi connectivity index (χ1n) is 12.6. The van der Waals surface area contributed by atoms with Crippen LogP contribution < -0.4 is 4.90 Å². The minimum atomic E-state index is -4.31. The molecular weight excluding hydrogens is 491 g/mol. The highest BCUT2D eigenvalue weighted by Gasteiger charge is 2.43. The molecule has 2 aromatic rings. The number of carbonyl (C=O) groups is 1. The maximum Gasteiger partial charge on any atom is 0.401 e. The van der Waals surface area contributed by atoms with Gasteiger partial charge in [-0.15, -0.1) is 0 Å². The molecule has 1 aromatic carbocycles. The molecule has 3 heterocycles. The van der Waals surface area contributed by atoms with Gasteiger partial charge < -0.3 is 9.80 Å². The van der Waals surface area contributed by atoms with Crippen molar-refractivity contribution in [1.82, 2.24) is 19.8 Å². The lowest BCUT2D eigenvalue weighted by Gasteiger charge is -2.40. The smallest absolute Gasteiger partial charge is 0.353 e. The van der Waals surface area contributed by atoms with E-state index in [0.29, 0.717) is 62.1 Å². The number of benzene rings is 1. The van der Waals surface area contributed by atoms with E-state index in [0.717, 1.165) is 24.4 Å². The van der Waals surface area contributed by atoms with Gasteiger partial charge in [0.25, 0.3) is 0 Å². The first-order chi connectivity index (χ1) is 17.2. The minimum absolute atomic E-state index is 0.114. The van der Waals surface area contributed by atoms with Crippen LogP contribution in [-0.4, -0.2) is 77.2 Å². The van der Waals surface area contributed by atoms with E-state index >= 15 is 0 Å². The maximum atomic E-state index is 13.9. The third-order valence-electron chi connectivity index (χ3n) is 7.82. The van der Waals surface area contributed by atoms with Crippen LogP contribution in [0.15, 0.2) is 30.6 Å². The van der Waals surface area contributed by atoms with Gasteiger partial charge in [0.15, 0.2) is 0 Å². The molecule has 1 amide bonds. The van der Waals surface area contributed by atoms with Gasteiger partial charge in [-0.2, -0.15) is 13.2 Å². The number of carbonyl (C=O) groups excluding carboxylic acids is 1. The summed E-state index contributed by atoms with van der Waals surface area (Å²) in [5.41, 5.74) is 3.04. The Morgan fingerprint density at radius 1 is 1.08 bits per heavy atom. The number of rotatable bonds is 5. The molecule has 36 heavy (non-hydrogen) atoms. The summed E-state index contributed by atoms with van der Waals surface area (Å²) in [6.07, 6.45) is 0.538. The van der Waals surface area contributed by atoms with Crippen LogP contribution in [0.25, 0.3) is 0 Å². The molecule has 6 nitrogen and oxygen atoms in total. The van der Waals surface area contributed by atoms with Crippen LogP contribution in [0.3, 0.4) is 0 Å². The van der Waals surface area contributed by atoms with Crippen LogP contribution in [0, 0.1) is 0 Å². The molecule has 3 atom stereocenters. The second-order valence-electron chi connectivity index (χ2n) is 10.1. The average molecular weight is 522 g/mol. The van der Waals surface area contributed by atoms with Crippen molar-refractivity contribution in [2.24, 2.45) is 0 Å². The Morgan fingerprint density at radius 2 is 1.81 bits per heavy atom. The summed E-state index contributed by atoms with van der Waals surface area (Å²) in [6.45, 7) is 3.80. The van der Waals surface area contributed by atoms with Crippen LogP contribution in [0.4, 0.5) is 19.0 Å². The van der Waals surface area contributed by atoms with E-state index in [1.165, 1.54) is 10.5 Å². The quantitative estimate of drug-likeness (QED) is 0.574. The van der Waals surface area contributed by atoms with Crippen LogP contribution >= 0.6 is 11.6 Å². The van der Waals surface area contributed by atoms with Gasteiger partial charge in [-0.1, -0.05) is 30.7 Å². The average Bonchev–Trinajstić information content (AvgIpc) is 3.46. The Hall–Kier alpha value is -2.39. The fourth-order valence-corrected chi connectivity index (χ4v) is 6.19. The Morgan fingerprint density at radius 3 is 2.50 bits per heavy atom. The minimum Gasteiger partial charge on any atom is -0.353 e. The summed E-state index contributed by atoms with van der Waals surface area (Å²) < 4.78 is 39.9. The molecule has 0 spiro atoms. The number of aryl methyl sites for hydroxylation is 1. The van der Waals surface area contributed by atoms with Crippen LogP contribution in [0.2, 0.25) is 5.02 Å². The molecule has 2 saturated heterocycles. The zero-order valence-corrected chi connectivity index (χ0v) is 21.1. The van der Waals surface area contributed by atoms with Crippen molar-refractivity contribution in [1.29, 1.82) is 0 Å². The van der Waals surface area contributed by atoms with E-state index in [9.17, 15) is 18.0 Å². The standard InChI is InChI=1S/C26H31ClF3N5O/c1-17-4-9-20-22(17)24(32-16-31-20)33-11-13-34(14-12-33)25(36)23(18-5-7-19(27)8-6-18)21-3-2-10-35(21)15-26(28,29)30/h5-8,16-17,21,23H,2-4,9-15H2,1H3/t17-,21+,23+/m1/s1.